The summed E-state index contributed by atoms with van der Waals surface area (Å²) in [6, 6.07) is 10.3. The van der Waals surface area contributed by atoms with Crippen molar-refractivity contribution in [2.45, 2.75) is 43.4 Å². The molecule has 0 aliphatic heterocycles. The number of fused-ring (bicyclic) bond motifs is 4. The molecular weight excluding hydrogens is 695 g/mol. The number of pyridine rings is 1. The molecule has 0 radical (unpaired) electrons. The van der Waals surface area contributed by atoms with Crippen molar-refractivity contribution in [3.63, 3.8) is 0 Å². The van der Waals surface area contributed by atoms with Crippen molar-refractivity contribution >= 4 is 22.6 Å². The van der Waals surface area contributed by atoms with E-state index in [2.05, 4.69) is 20.6 Å². The Morgan fingerprint density at radius 3 is 2.50 bits per heavy atom. The van der Waals surface area contributed by atoms with Crippen LogP contribution in [0.4, 0.5) is 36.6 Å². The van der Waals surface area contributed by atoms with Gasteiger partial charge in [0.05, 0.1) is 29.1 Å². The summed E-state index contributed by atoms with van der Waals surface area (Å²) in [6.07, 6.45) is -2.13. The lowest BCUT2D eigenvalue weighted by Gasteiger charge is -2.23. The highest BCUT2D eigenvalue weighted by Gasteiger charge is 2.68. The molecule has 4 heterocycles. The van der Waals surface area contributed by atoms with Gasteiger partial charge in [0.25, 0.3) is 5.92 Å². The van der Waals surface area contributed by atoms with Crippen LogP contribution in [0.15, 0.2) is 60.9 Å². The molecule has 6 aromatic rings. The Kier molecular flexibility index (Phi) is 7.48. The van der Waals surface area contributed by atoms with Gasteiger partial charge < -0.3 is 11.1 Å². The fourth-order valence-corrected chi connectivity index (χ4v) is 7.41. The Bertz CT molecular complexity index is 2390. The number of carbonyl (C=O) groups is 1. The fourth-order valence-electron chi connectivity index (χ4n) is 7.41. The van der Waals surface area contributed by atoms with Crippen molar-refractivity contribution in [1.82, 2.24) is 39.6 Å². The van der Waals surface area contributed by atoms with E-state index in [-0.39, 0.29) is 29.9 Å². The number of alkyl halides is 5. The first-order valence-corrected chi connectivity index (χ1v) is 16.1. The second-order valence-electron chi connectivity index (χ2n) is 13.2. The van der Waals surface area contributed by atoms with Crippen LogP contribution in [0.3, 0.4) is 0 Å². The standard InChI is InChI=1S/C35H28F7N9O/c1-49-14-17(13-44-49)25-7-6-20(21-4-3-5-22-30(21)50(2)48-33(22)43)29(46-25)26(10-16-8-18(36)11-19(37)9-16)45-27(52)15-51-32-28(31(47-51)35(40,41)42)23-12-24(23)34(32,38)39/h3-9,11,13-14,23-24,26H,10,12,15H2,1-2H3,(H2,43,48)(H,45,52)/t23-,24+,26-/m0/s1. The molecule has 1 amide bonds. The highest BCUT2D eigenvalue weighted by Crippen LogP contribution is 2.68. The molecule has 268 valence electrons. The van der Waals surface area contributed by atoms with Gasteiger partial charge >= 0.3 is 6.18 Å². The van der Waals surface area contributed by atoms with E-state index in [4.69, 9.17) is 10.7 Å². The molecule has 52 heavy (non-hydrogen) atoms. The van der Waals surface area contributed by atoms with E-state index >= 15 is 8.78 Å². The minimum Gasteiger partial charge on any atom is -0.382 e. The van der Waals surface area contributed by atoms with Gasteiger partial charge in [0.1, 0.15) is 23.9 Å². The number of nitrogens with two attached hydrogens (primary N) is 1. The van der Waals surface area contributed by atoms with Crippen molar-refractivity contribution in [3.8, 4) is 22.4 Å². The number of nitrogen functional groups attached to an aromatic ring is 1. The normalized spacial score (nSPS) is 18.0. The van der Waals surface area contributed by atoms with Crippen LogP contribution in [0, 0.1) is 17.6 Å². The molecule has 3 N–H and O–H groups in total. The first-order chi connectivity index (χ1) is 24.6. The molecule has 8 rings (SSSR count). The molecule has 0 saturated heterocycles. The van der Waals surface area contributed by atoms with Crippen LogP contribution < -0.4 is 11.1 Å². The number of nitrogens with one attached hydrogen (secondary N) is 1. The van der Waals surface area contributed by atoms with Gasteiger partial charge in [-0.2, -0.15) is 37.2 Å². The van der Waals surface area contributed by atoms with Crippen molar-refractivity contribution < 1.29 is 35.5 Å². The van der Waals surface area contributed by atoms with Crippen LogP contribution in [0.1, 0.15) is 46.6 Å². The zero-order valence-corrected chi connectivity index (χ0v) is 27.4. The van der Waals surface area contributed by atoms with E-state index in [0.717, 1.165) is 12.1 Å². The summed E-state index contributed by atoms with van der Waals surface area (Å²) in [5, 5.41) is 15.3. The fraction of sp³-hybridized carbons (Fsp3) is 0.286. The van der Waals surface area contributed by atoms with E-state index in [1.807, 2.05) is 0 Å². The third kappa shape index (κ3) is 5.54. The molecule has 0 spiro atoms. The second kappa shape index (κ2) is 11.6. The average Bonchev–Trinajstić information content (AvgIpc) is 3.31. The largest absolute Gasteiger partial charge is 0.435 e. The SMILES string of the molecule is Cn1cc(-c2ccc(-c3cccc4c(N)nn(C)c34)c([C@H](Cc3cc(F)cc(F)c3)NC(=O)Cn3nc(C(F)(F)F)c4c3C(F)(F)[C@@H]3C[C@H]43)n2)cn1. The Morgan fingerprint density at radius 2 is 1.81 bits per heavy atom. The number of nitrogens with zero attached hydrogens (tertiary/aromatic N) is 7. The highest BCUT2D eigenvalue weighted by atomic mass is 19.4. The topological polar surface area (TPSA) is 121 Å². The molecule has 1 saturated carbocycles. The van der Waals surface area contributed by atoms with Crippen molar-refractivity contribution in [2.24, 2.45) is 20.0 Å². The van der Waals surface area contributed by atoms with Crippen LogP contribution >= 0.6 is 0 Å². The van der Waals surface area contributed by atoms with Crippen LogP contribution in [0.25, 0.3) is 33.3 Å². The number of aryl methyl sites for hydroxylation is 2. The molecule has 4 aromatic heterocycles. The molecular formula is C35H28F7N9O. The van der Waals surface area contributed by atoms with Crippen LogP contribution in [-0.2, 0) is 44.0 Å². The summed E-state index contributed by atoms with van der Waals surface area (Å²) in [4.78, 5) is 18.7. The van der Waals surface area contributed by atoms with Crippen molar-refractivity contribution in [2.75, 3.05) is 5.73 Å². The molecule has 10 nitrogen and oxygen atoms in total. The zero-order chi connectivity index (χ0) is 36.9. The monoisotopic (exact) mass is 723 g/mol. The first-order valence-electron chi connectivity index (χ1n) is 16.1. The molecule has 2 aromatic carbocycles. The Hall–Kier alpha value is -5.74. The number of carbonyl (C=O) groups excluding carboxylic acids is 1. The maximum atomic E-state index is 15.3. The number of benzene rings is 2. The molecule has 3 atom stereocenters. The minimum absolute atomic E-state index is 0.107. The second-order valence-corrected chi connectivity index (χ2v) is 13.2. The smallest absolute Gasteiger partial charge is 0.382 e. The molecule has 2 aliphatic carbocycles. The van der Waals surface area contributed by atoms with Gasteiger partial charge in [-0.1, -0.05) is 18.2 Å². The maximum absolute atomic E-state index is 15.3. The van der Waals surface area contributed by atoms with E-state index in [9.17, 15) is 26.7 Å². The summed E-state index contributed by atoms with van der Waals surface area (Å²) in [7, 11) is 3.39. The Morgan fingerprint density at radius 1 is 1.06 bits per heavy atom. The van der Waals surface area contributed by atoms with Gasteiger partial charge in [-0.05, 0) is 48.6 Å². The van der Waals surface area contributed by atoms with Crippen molar-refractivity contribution in [3.05, 3.63) is 101 Å². The number of rotatable bonds is 8. The van der Waals surface area contributed by atoms with Gasteiger partial charge in [-0.25, -0.2) is 13.8 Å². The molecule has 0 bridgehead atoms. The maximum Gasteiger partial charge on any atom is 0.435 e. The minimum atomic E-state index is -5.02. The summed E-state index contributed by atoms with van der Waals surface area (Å²) in [5.74, 6) is -8.43. The summed E-state index contributed by atoms with van der Waals surface area (Å²) < 4.78 is 105. The van der Waals surface area contributed by atoms with E-state index in [0.29, 0.717) is 44.0 Å². The Labute approximate surface area is 290 Å². The van der Waals surface area contributed by atoms with Gasteiger partial charge in [0, 0.05) is 59.9 Å². The van der Waals surface area contributed by atoms with E-state index < -0.39 is 71.0 Å². The number of hydrogen-bond donors (Lipinski definition) is 2. The number of para-hydroxylation sites is 1. The number of anilines is 1. The quantitative estimate of drug-likeness (QED) is 0.175. The highest BCUT2D eigenvalue weighted by molar-refractivity contribution is 6.00. The van der Waals surface area contributed by atoms with Gasteiger partial charge in [-0.15, -0.1) is 0 Å². The number of amides is 1. The number of halogens is 7. The van der Waals surface area contributed by atoms with Crippen LogP contribution in [0.2, 0.25) is 0 Å². The molecule has 0 unspecified atom stereocenters. The number of hydrogen-bond acceptors (Lipinski definition) is 6. The lowest BCUT2D eigenvalue weighted by Crippen LogP contribution is -2.35. The third-order valence-corrected chi connectivity index (χ3v) is 9.63. The van der Waals surface area contributed by atoms with Crippen LogP contribution in [-0.4, -0.2) is 40.2 Å². The predicted molar refractivity (Wildman–Crippen MR) is 173 cm³/mol. The third-order valence-electron chi connectivity index (χ3n) is 9.63. The van der Waals surface area contributed by atoms with Crippen LogP contribution in [0.5, 0.6) is 0 Å². The van der Waals surface area contributed by atoms with E-state index in [1.54, 1.807) is 66.2 Å². The average molecular weight is 724 g/mol. The van der Waals surface area contributed by atoms with Crippen molar-refractivity contribution in [1.29, 1.82) is 0 Å². The van der Waals surface area contributed by atoms with Gasteiger partial charge in [-0.3, -0.25) is 18.8 Å². The summed E-state index contributed by atoms with van der Waals surface area (Å²) in [6.45, 7) is -0.993. The molecule has 1 fully saturated rings. The lowest BCUT2D eigenvalue weighted by atomic mass is 9.93. The van der Waals surface area contributed by atoms with E-state index in [1.165, 1.54) is 0 Å². The first kappa shape index (κ1) is 33.4. The van der Waals surface area contributed by atoms with Gasteiger partial charge in [0.15, 0.2) is 11.5 Å². The summed E-state index contributed by atoms with van der Waals surface area (Å²) >= 11 is 0. The zero-order valence-electron chi connectivity index (χ0n) is 27.4. The summed E-state index contributed by atoms with van der Waals surface area (Å²) in [5.41, 5.74) is 6.15. The molecule has 2 aliphatic rings. The van der Waals surface area contributed by atoms with Gasteiger partial charge in [0.2, 0.25) is 5.91 Å². The lowest BCUT2D eigenvalue weighted by molar-refractivity contribution is -0.142. The molecule has 17 heteroatoms. The number of aromatic nitrogens is 7. The predicted octanol–water partition coefficient (Wildman–Crippen LogP) is 6.42. The Balaban J connectivity index is 1.26.